The average Bonchev–Trinajstić information content (AvgIpc) is 3.27. The molecule has 0 radical (unpaired) electrons. The molecule has 0 aliphatic carbocycles. The van der Waals surface area contributed by atoms with E-state index in [0.717, 1.165) is 18.1 Å². The number of carbonyl (C=O) groups is 1. The van der Waals surface area contributed by atoms with Crippen molar-refractivity contribution in [3.05, 3.63) is 66.2 Å². The van der Waals surface area contributed by atoms with Gasteiger partial charge >= 0.3 is 30.8 Å². The van der Waals surface area contributed by atoms with Crippen LogP contribution in [0, 0.1) is 0 Å². The predicted molar refractivity (Wildman–Crippen MR) is 125 cm³/mol. The number of furan rings is 1. The number of ether oxygens (including phenoxy) is 5. The molecule has 15 heteroatoms. The summed E-state index contributed by atoms with van der Waals surface area (Å²) in [5.74, 6) is -1.24. The molecule has 0 spiro atoms. The van der Waals surface area contributed by atoms with E-state index in [0.29, 0.717) is 17.6 Å². The first-order valence-corrected chi connectivity index (χ1v) is 11.6. The molecule has 224 valence electrons. The summed E-state index contributed by atoms with van der Waals surface area (Å²) in [6.45, 7) is 1.95. The highest BCUT2D eigenvalue weighted by molar-refractivity contribution is 5.87. The quantitative estimate of drug-likeness (QED) is 0.0824. The number of fused-ring (bicyclic) bond motifs is 1. The van der Waals surface area contributed by atoms with Gasteiger partial charge in [-0.15, -0.1) is 17.6 Å². The Balaban J connectivity index is 1.61. The molecule has 0 amide bonds. The monoisotopic (exact) mass is 598 g/mol. The standard InChI is InChI=1S/C26H22F8O7/c1-4-16-7-5-6-8-19(16)21-11-17-9-10-18(12-20(17)38-21)36-13-23(27,28)39-25(31,32)41-26(33,34)40-24(29,30)14-37-22(35)15(2)3/h5-12H,2,4,13-14H2,1,3H3. The zero-order valence-electron chi connectivity index (χ0n) is 21.3. The molecular formula is C26H22F8O7. The number of esters is 1. The lowest BCUT2D eigenvalue weighted by atomic mass is 10.0. The number of alkyl halides is 8. The van der Waals surface area contributed by atoms with Crippen LogP contribution in [0.4, 0.5) is 35.1 Å². The van der Waals surface area contributed by atoms with Crippen LogP contribution in [-0.2, 0) is 30.2 Å². The number of carbonyl (C=O) groups excluding carboxylic acids is 1. The van der Waals surface area contributed by atoms with Crippen molar-refractivity contribution in [3.63, 3.8) is 0 Å². The van der Waals surface area contributed by atoms with Gasteiger partial charge in [0.1, 0.15) is 17.1 Å². The van der Waals surface area contributed by atoms with Crippen LogP contribution < -0.4 is 4.74 Å². The molecule has 0 unspecified atom stereocenters. The summed E-state index contributed by atoms with van der Waals surface area (Å²) < 4.78 is 132. The Kier molecular flexibility index (Phi) is 9.35. The van der Waals surface area contributed by atoms with Crippen LogP contribution in [0.2, 0.25) is 0 Å². The van der Waals surface area contributed by atoms with Gasteiger partial charge in [-0.25, -0.2) is 19.0 Å². The van der Waals surface area contributed by atoms with Gasteiger partial charge in [0.25, 0.3) is 0 Å². The number of aryl methyl sites for hydroxylation is 1. The fourth-order valence-electron chi connectivity index (χ4n) is 3.33. The van der Waals surface area contributed by atoms with Gasteiger partial charge in [-0.2, -0.15) is 17.6 Å². The van der Waals surface area contributed by atoms with Crippen LogP contribution in [0.15, 0.2) is 65.1 Å². The van der Waals surface area contributed by atoms with Crippen molar-refractivity contribution in [2.24, 2.45) is 0 Å². The topological polar surface area (TPSA) is 76.4 Å². The first-order chi connectivity index (χ1) is 18.9. The number of hydrogen-bond acceptors (Lipinski definition) is 7. The van der Waals surface area contributed by atoms with Crippen molar-refractivity contribution < 1.29 is 68.0 Å². The Morgan fingerprint density at radius 1 is 0.854 bits per heavy atom. The minimum Gasteiger partial charge on any atom is -0.484 e. The smallest absolute Gasteiger partial charge is 0.484 e. The molecule has 1 heterocycles. The van der Waals surface area contributed by atoms with Crippen LogP contribution in [-0.4, -0.2) is 44.0 Å². The maximum atomic E-state index is 14.0. The van der Waals surface area contributed by atoms with E-state index < -0.39 is 44.0 Å². The Labute approximate surface area is 227 Å². The average molecular weight is 598 g/mol. The minimum absolute atomic E-state index is 0.202. The molecule has 3 aromatic rings. The fourth-order valence-corrected chi connectivity index (χ4v) is 3.33. The molecule has 1 aromatic heterocycles. The number of halogens is 8. The summed E-state index contributed by atoms with van der Waals surface area (Å²) in [5.41, 5.74) is 1.59. The Morgan fingerprint density at radius 2 is 1.46 bits per heavy atom. The van der Waals surface area contributed by atoms with Crippen molar-refractivity contribution in [2.75, 3.05) is 13.2 Å². The maximum Gasteiger partial charge on any atom is 0.496 e. The molecule has 0 atom stereocenters. The molecule has 0 aliphatic heterocycles. The van der Waals surface area contributed by atoms with E-state index in [2.05, 4.69) is 25.5 Å². The van der Waals surface area contributed by atoms with E-state index in [4.69, 9.17) is 9.15 Å². The Hall–Kier alpha value is -3.69. The summed E-state index contributed by atoms with van der Waals surface area (Å²) >= 11 is 0. The summed E-state index contributed by atoms with van der Waals surface area (Å²) in [4.78, 5) is 11.1. The number of hydrogen-bond donors (Lipinski definition) is 0. The van der Waals surface area contributed by atoms with Gasteiger partial charge in [-0.1, -0.05) is 37.8 Å². The van der Waals surface area contributed by atoms with E-state index >= 15 is 0 Å². The van der Waals surface area contributed by atoms with E-state index in [1.165, 1.54) is 18.2 Å². The molecule has 0 bridgehead atoms. The Morgan fingerprint density at radius 3 is 2.07 bits per heavy atom. The second kappa shape index (κ2) is 12.0. The summed E-state index contributed by atoms with van der Waals surface area (Å²) in [6.07, 6.45) is -21.1. The van der Waals surface area contributed by atoms with Crippen LogP contribution in [0.1, 0.15) is 19.4 Å². The zero-order chi connectivity index (χ0) is 30.6. The lowest BCUT2D eigenvalue weighted by Crippen LogP contribution is -2.46. The lowest BCUT2D eigenvalue weighted by molar-refractivity contribution is -0.574. The van der Waals surface area contributed by atoms with Crippen molar-refractivity contribution in [1.82, 2.24) is 0 Å². The number of rotatable bonds is 14. The van der Waals surface area contributed by atoms with Gasteiger partial charge < -0.3 is 13.9 Å². The third kappa shape index (κ3) is 9.16. The van der Waals surface area contributed by atoms with Crippen LogP contribution >= 0.6 is 0 Å². The van der Waals surface area contributed by atoms with Gasteiger partial charge in [0.2, 0.25) is 0 Å². The van der Waals surface area contributed by atoms with E-state index in [9.17, 15) is 39.9 Å². The first kappa shape index (κ1) is 31.8. The highest BCUT2D eigenvalue weighted by atomic mass is 19.3. The molecule has 2 aromatic carbocycles. The van der Waals surface area contributed by atoms with E-state index in [1.54, 1.807) is 12.1 Å². The molecule has 41 heavy (non-hydrogen) atoms. The lowest BCUT2D eigenvalue weighted by Gasteiger charge is -2.27. The van der Waals surface area contributed by atoms with Crippen LogP contribution in [0.3, 0.4) is 0 Å². The summed E-state index contributed by atoms with van der Waals surface area (Å²) in [7, 11) is 0. The normalized spacial score (nSPS) is 12.9. The molecule has 3 rings (SSSR count). The van der Waals surface area contributed by atoms with Crippen molar-refractivity contribution in [2.45, 2.75) is 45.1 Å². The van der Waals surface area contributed by atoms with Crippen molar-refractivity contribution >= 4 is 16.9 Å². The molecule has 0 aliphatic rings. The zero-order valence-corrected chi connectivity index (χ0v) is 21.3. The highest BCUT2D eigenvalue weighted by Crippen LogP contribution is 2.38. The molecular weight excluding hydrogens is 576 g/mol. The first-order valence-electron chi connectivity index (χ1n) is 11.6. The van der Waals surface area contributed by atoms with Crippen molar-refractivity contribution in [3.8, 4) is 17.1 Å². The van der Waals surface area contributed by atoms with E-state index in [-0.39, 0.29) is 16.9 Å². The van der Waals surface area contributed by atoms with Gasteiger partial charge in [-0.05, 0) is 37.1 Å². The predicted octanol–water partition coefficient (Wildman–Crippen LogP) is 7.50. The molecule has 0 N–H and O–H groups in total. The molecule has 0 saturated carbocycles. The summed E-state index contributed by atoms with van der Waals surface area (Å²) in [6, 6.07) is 12.9. The van der Waals surface area contributed by atoms with Crippen molar-refractivity contribution in [1.29, 1.82) is 0 Å². The maximum absolute atomic E-state index is 14.0. The van der Waals surface area contributed by atoms with Gasteiger partial charge in [0.05, 0.1) is 0 Å². The largest absolute Gasteiger partial charge is 0.496 e. The highest BCUT2D eigenvalue weighted by Gasteiger charge is 2.57. The molecule has 0 saturated heterocycles. The minimum atomic E-state index is -5.88. The van der Waals surface area contributed by atoms with E-state index in [1.807, 2.05) is 25.1 Å². The van der Waals surface area contributed by atoms with Gasteiger partial charge in [0.15, 0.2) is 13.2 Å². The molecule has 0 fully saturated rings. The number of benzene rings is 2. The third-order valence-electron chi connectivity index (χ3n) is 5.06. The van der Waals surface area contributed by atoms with Gasteiger partial charge in [0, 0.05) is 22.6 Å². The second-order valence-corrected chi connectivity index (χ2v) is 8.47. The van der Waals surface area contributed by atoms with Crippen LogP contribution in [0.25, 0.3) is 22.3 Å². The van der Waals surface area contributed by atoms with Gasteiger partial charge in [-0.3, -0.25) is 0 Å². The van der Waals surface area contributed by atoms with Crippen LogP contribution in [0.5, 0.6) is 5.75 Å². The Bertz CT molecular complexity index is 1390. The fraction of sp³-hybridized carbons (Fsp3) is 0.346. The third-order valence-corrected chi connectivity index (χ3v) is 5.06. The summed E-state index contributed by atoms with van der Waals surface area (Å²) in [5, 5.41) is 0.564. The molecule has 7 nitrogen and oxygen atoms in total. The SMILES string of the molecule is C=C(C)C(=O)OCC(F)(F)OC(F)(F)OC(F)(F)OC(F)(F)COc1ccc2cc(-c3ccccc3CC)oc2c1. The second-order valence-electron chi connectivity index (χ2n) is 8.47.